The maximum Gasteiger partial charge on any atom is 0.241 e. The second-order valence-electron chi connectivity index (χ2n) is 7.88. The highest BCUT2D eigenvalue weighted by atomic mass is 16.2. The summed E-state index contributed by atoms with van der Waals surface area (Å²) in [6, 6.07) is 12.6. The van der Waals surface area contributed by atoms with Gasteiger partial charge in [0.2, 0.25) is 5.91 Å². The number of nitrogens with two attached hydrogens (primary N) is 1. The SMILES string of the molecule is CC(=O)c1cccc(-c2n[nH]c3ccc(NC(=O)C(N)C4CCCCC4)cc23)c1. The van der Waals surface area contributed by atoms with E-state index in [1.54, 1.807) is 13.0 Å². The Morgan fingerprint density at radius 1 is 1.14 bits per heavy atom. The number of hydrogen-bond donors (Lipinski definition) is 3. The Bertz CT molecular complexity index is 1050. The van der Waals surface area contributed by atoms with Crippen LogP contribution in [0.3, 0.4) is 0 Å². The van der Waals surface area contributed by atoms with E-state index >= 15 is 0 Å². The Labute approximate surface area is 169 Å². The first-order valence-electron chi connectivity index (χ1n) is 10.2. The predicted molar refractivity (Wildman–Crippen MR) is 115 cm³/mol. The van der Waals surface area contributed by atoms with Gasteiger partial charge >= 0.3 is 0 Å². The Kier molecular flexibility index (Phi) is 5.45. The van der Waals surface area contributed by atoms with E-state index in [0.29, 0.717) is 11.3 Å². The van der Waals surface area contributed by atoms with Gasteiger partial charge in [0.25, 0.3) is 0 Å². The smallest absolute Gasteiger partial charge is 0.241 e. The van der Waals surface area contributed by atoms with Crippen LogP contribution in [0.1, 0.15) is 49.4 Å². The Morgan fingerprint density at radius 2 is 1.93 bits per heavy atom. The third kappa shape index (κ3) is 4.07. The molecule has 1 aliphatic carbocycles. The highest BCUT2D eigenvalue weighted by Gasteiger charge is 2.26. The lowest BCUT2D eigenvalue weighted by atomic mass is 9.84. The molecular weight excluding hydrogens is 364 g/mol. The lowest BCUT2D eigenvalue weighted by Gasteiger charge is -2.26. The summed E-state index contributed by atoms with van der Waals surface area (Å²) in [5, 5.41) is 11.3. The molecule has 0 bridgehead atoms. The Balaban J connectivity index is 1.59. The van der Waals surface area contributed by atoms with Gasteiger partial charge in [-0.2, -0.15) is 5.10 Å². The van der Waals surface area contributed by atoms with Crippen LogP contribution in [-0.4, -0.2) is 27.9 Å². The van der Waals surface area contributed by atoms with Gasteiger partial charge in [0, 0.05) is 22.2 Å². The number of anilines is 1. The Hall–Kier alpha value is -2.99. The maximum absolute atomic E-state index is 12.7. The molecule has 0 aliphatic heterocycles. The monoisotopic (exact) mass is 390 g/mol. The van der Waals surface area contributed by atoms with Crippen molar-refractivity contribution in [3.05, 3.63) is 48.0 Å². The van der Waals surface area contributed by atoms with Crippen molar-refractivity contribution < 1.29 is 9.59 Å². The van der Waals surface area contributed by atoms with Gasteiger partial charge in [-0.25, -0.2) is 0 Å². The van der Waals surface area contributed by atoms with Crippen molar-refractivity contribution in [2.24, 2.45) is 11.7 Å². The van der Waals surface area contributed by atoms with Gasteiger partial charge in [0.1, 0.15) is 0 Å². The summed E-state index contributed by atoms with van der Waals surface area (Å²) in [7, 11) is 0. The first-order chi connectivity index (χ1) is 14.0. The molecule has 6 heteroatoms. The van der Waals surface area contributed by atoms with Gasteiger partial charge in [-0.1, -0.05) is 37.5 Å². The average Bonchev–Trinajstić information content (AvgIpc) is 3.17. The van der Waals surface area contributed by atoms with E-state index in [4.69, 9.17) is 5.73 Å². The minimum atomic E-state index is -0.484. The van der Waals surface area contributed by atoms with Crippen molar-refractivity contribution in [2.75, 3.05) is 5.32 Å². The number of Topliss-reactive ketones (excluding diaryl/α,β-unsaturated/α-hetero) is 1. The molecule has 1 fully saturated rings. The molecule has 1 aromatic heterocycles. The fourth-order valence-corrected chi connectivity index (χ4v) is 4.13. The van der Waals surface area contributed by atoms with Crippen LogP contribution >= 0.6 is 0 Å². The minimum absolute atomic E-state index is 0.0105. The maximum atomic E-state index is 12.7. The van der Waals surface area contributed by atoms with Gasteiger partial charge in [0.05, 0.1) is 17.3 Å². The van der Waals surface area contributed by atoms with Crippen molar-refractivity contribution >= 4 is 28.3 Å². The number of nitrogens with one attached hydrogen (secondary N) is 2. The van der Waals surface area contributed by atoms with Gasteiger partial charge < -0.3 is 11.1 Å². The number of nitrogens with zero attached hydrogens (tertiary/aromatic N) is 1. The second-order valence-corrected chi connectivity index (χ2v) is 7.88. The summed E-state index contributed by atoms with van der Waals surface area (Å²) in [4.78, 5) is 24.4. The van der Waals surface area contributed by atoms with Crippen molar-refractivity contribution in [3.63, 3.8) is 0 Å². The van der Waals surface area contributed by atoms with Gasteiger partial charge in [0.15, 0.2) is 5.78 Å². The first-order valence-corrected chi connectivity index (χ1v) is 10.2. The third-order valence-corrected chi connectivity index (χ3v) is 5.83. The van der Waals surface area contributed by atoms with Crippen molar-refractivity contribution in [3.8, 4) is 11.3 Å². The summed E-state index contributed by atoms with van der Waals surface area (Å²) in [6.07, 6.45) is 5.57. The van der Waals surface area contributed by atoms with Crippen LogP contribution in [0, 0.1) is 5.92 Å². The number of H-pyrrole nitrogens is 1. The van der Waals surface area contributed by atoms with Crippen LogP contribution in [0.4, 0.5) is 5.69 Å². The van der Waals surface area contributed by atoms with Crippen LogP contribution in [0.25, 0.3) is 22.2 Å². The number of fused-ring (bicyclic) bond motifs is 1. The van der Waals surface area contributed by atoms with Crippen LogP contribution < -0.4 is 11.1 Å². The molecule has 29 heavy (non-hydrogen) atoms. The lowest BCUT2D eigenvalue weighted by Crippen LogP contribution is -2.42. The molecule has 1 aliphatic rings. The molecule has 0 spiro atoms. The number of carbonyl (C=O) groups is 2. The number of aromatic nitrogens is 2. The zero-order valence-corrected chi connectivity index (χ0v) is 16.6. The standard InChI is InChI=1S/C23H26N4O2/c1-14(28)16-8-5-9-17(12-16)22-19-13-18(10-11-20(19)26-27-22)25-23(29)21(24)15-6-3-2-4-7-15/h5,8-13,15,21H,2-4,6-7,24H2,1H3,(H,25,29)(H,26,27). The fourth-order valence-electron chi connectivity index (χ4n) is 4.13. The number of carbonyl (C=O) groups excluding carboxylic acids is 2. The summed E-state index contributed by atoms with van der Waals surface area (Å²) >= 11 is 0. The largest absolute Gasteiger partial charge is 0.325 e. The zero-order chi connectivity index (χ0) is 20.4. The molecule has 1 unspecified atom stereocenters. The minimum Gasteiger partial charge on any atom is -0.325 e. The normalized spacial score (nSPS) is 15.9. The zero-order valence-electron chi connectivity index (χ0n) is 16.6. The molecule has 1 saturated carbocycles. The third-order valence-electron chi connectivity index (χ3n) is 5.83. The predicted octanol–water partition coefficient (Wildman–Crippen LogP) is 4.28. The fraction of sp³-hybridized carbons (Fsp3) is 0.348. The molecule has 1 heterocycles. The summed E-state index contributed by atoms with van der Waals surface area (Å²) < 4.78 is 0. The second kappa shape index (κ2) is 8.17. The molecule has 4 rings (SSSR count). The number of rotatable bonds is 5. The summed E-state index contributed by atoms with van der Waals surface area (Å²) in [5.74, 6) is 0.127. The molecule has 4 N–H and O–H groups in total. The molecule has 150 valence electrons. The molecule has 1 atom stereocenters. The van der Waals surface area contributed by atoms with Crippen LogP contribution in [0.2, 0.25) is 0 Å². The quantitative estimate of drug-likeness (QED) is 0.566. The molecule has 0 radical (unpaired) electrons. The van der Waals surface area contributed by atoms with Crippen molar-refractivity contribution in [1.29, 1.82) is 0 Å². The van der Waals surface area contributed by atoms with E-state index in [1.165, 1.54) is 6.42 Å². The molecule has 0 saturated heterocycles. The van der Waals surface area contributed by atoms with E-state index < -0.39 is 6.04 Å². The van der Waals surface area contributed by atoms with Crippen LogP contribution in [0.5, 0.6) is 0 Å². The lowest BCUT2D eigenvalue weighted by molar-refractivity contribution is -0.118. The molecular formula is C23H26N4O2. The van der Waals surface area contributed by atoms with Gasteiger partial charge in [-0.05, 0) is 49.9 Å². The topological polar surface area (TPSA) is 101 Å². The van der Waals surface area contributed by atoms with Crippen molar-refractivity contribution in [1.82, 2.24) is 10.2 Å². The number of amides is 1. The molecule has 6 nitrogen and oxygen atoms in total. The number of hydrogen-bond acceptors (Lipinski definition) is 4. The average molecular weight is 390 g/mol. The Morgan fingerprint density at radius 3 is 2.69 bits per heavy atom. The van der Waals surface area contributed by atoms with E-state index in [2.05, 4.69) is 15.5 Å². The highest BCUT2D eigenvalue weighted by molar-refractivity contribution is 6.01. The highest BCUT2D eigenvalue weighted by Crippen LogP contribution is 2.30. The van der Waals surface area contributed by atoms with Gasteiger partial charge in [-0.15, -0.1) is 0 Å². The number of benzene rings is 2. The van der Waals surface area contributed by atoms with Crippen LogP contribution in [0.15, 0.2) is 42.5 Å². The van der Waals surface area contributed by atoms with Gasteiger partial charge in [-0.3, -0.25) is 14.7 Å². The molecule has 3 aromatic rings. The number of ketones is 1. The van der Waals surface area contributed by atoms with E-state index in [0.717, 1.165) is 47.8 Å². The number of aromatic amines is 1. The molecule has 1 amide bonds. The molecule has 2 aromatic carbocycles. The van der Waals surface area contributed by atoms with E-state index in [9.17, 15) is 9.59 Å². The summed E-state index contributed by atoms with van der Waals surface area (Å²) in [5.41, 5.74) is 10.0. The van der Waals surface area contributed by atoms with Crippen LogP contribution in [-0.2, 0) is 4.79 Å². The summed E-state index contributed by atoms with van der Waals surface area (Å²) in [6.45, 7) is 1.55. The van der Waals surface area contributed by atoms with Crippen molar-refractivity contribution in [2.45, 2.75) is 45.1 Å². The first kappa shape index (κ1) is 19.3. The van der Waals surface area contributed by atoms with E-state index in [-0.39, 0.29) is 17.6 Å². The van der Waals surface area contributed by atoms with E-state index in [1.807, 2.05) is 36.4 Å².